The Morgan fingerprint density at radius 1 is 1.64 bits per heavy atom. The summed E-state index contributed by atoms with van der Waals surface area (Å²) in [4.78, 5) is 11.5. The fraction of sp³-hybridized carbons (Fsp3) is 0.909. The van der Waals surface area contributed by atoms with Crippen LogP contribution in [0.1, 0.15) is 33.6 Å². The van der Waals surface area contributed by atoms with Crippen LogP contribution in [0.2, 0.25) is 0 Å². The van der Waals surface area contributed by atoms with Crippen molar-refractivity contribution in [3.8, 4) is 0 Å². The molecule has 1 rings (SSSR count). The first-order valence-electron chi connectivity index (χ1n) is 5.45. The summed E-state index contributed by atoms with van der Waals surface area (Å²) in [7, 11) is 0. The van der Waals surface area contributed by atoms with Crippen molar-refractivity contribution < 1.29 is 4.79 Å². The van der Waals surface area contributed by atoms with Crippen LogP contribution in [0.15, 0.2) is 0 Å². The fourth-order valence-corrected chi connectivity index (χ4v) is 1.70. The maximum atomic E-state index is 11.5. The number of carbonyl (C=O) groups is 1. The maximum Gasteiger partial charge on any atom is 0.222 e. The molecule has 0 spiro atoms. The van der Waals surface area contributed by atoms with Crippen LogP contribution >= 0.6 is 0 Å². The second kappa shape index (κ2) is 4.30. The average Bonchev–Trinajstić information content (AvgIpc) is 2.70. The number of nitrogens with one attached hydrogen (secondary N) is 1. The molecule has 2 unspecified atom stereocenters. The first-order chi connectivity index (χ1) is 6.47. The molecular weight excluding hydrogens is 176 g/mol. The molecule has 14 heavy (non-hydrogen) atoms. The van der Waals surface area contributed by atoms with E-state index in [0.29, 0.717) is 17.9 Å². The Morgan fingerprint density at radius 3 is 2.64 bits per heavy atom. The minimum Gasteiger partial charge on any atom is -0.356 e. The molecule has 3 N–H and O–H groups in total. The molecule has 0 heterocycles. The second-order valence-corrected chi connectivity index (χ2v) is 5.11. The zero-order valence-electron chi connectivity index (χ0n) is 9.47. The summed E-state index contributed by atoms with van der Waals surface area (Å²) >= 11 is 0. The van der Waals surface area contributed by atoms with Crippen molar-refractivity contribution in [3.05, 3.63) is 0 Å². The topological polar surface area (TPSA) is 55.1 Å². The standard InChI is InChI=1S/C11H22N2O/c1-8(4-5-12)10(14)13-7-9-6-11(9,2)3/h8-9H,4-7,12H2,1-3H3,(H,13,14). The zero-order valence-corrected chi connectivity index (χ0v) is 9.47. The van der Waals surface area contributed by atoms with Gasteiger partial charge in [-0.15, -0.1) is 0 Å². The van der Waals surface area contributed by atoms with E-state index in [9.17, 15) is 4.79 Å². The minimum atomic E-state index is 0.0573. The highest BCUT2D eigenvalue weighted by atomic mass is 16.1. The molecule has 1 amide bonds. The Balaban J connectivity index is 2.16. The first kappa shape index (κ1) is 11.5. The van der Waals surface area contributed by atoms with Crippen molar-refractivity contribution >= 4 is 5.91 Å². The lowest BCUT2D eigenvalue weighted by Crippen LogP contribution is -2.32. The molecule has 0 bridgehead atoms. The average molecular weight is 198 g/mol. The number of rotatable bonds is 5. The third kappa shape index (κ3) is 2.98. The number of nitrogens with two attached hydrogens (primary N) is 1. The second-order valence-electron chi connectivity index (χ2n) is 5.11. The van der Waals surface area contributed by atoms with Gasteiger partial charge in [0.1, 0.15) is 0 Å². The van der Waals surface area contributed by atoms with Crippen molar-refractivity contribution in [1.82, 2.24) is 5.32 Å². The highest BCUT2D eigenvalue weighted by Gasteiger charge is 2.45. The third-order valence-corrected chi connectivity index (χ3v) is 3.29. The summed E-state index contributed by atoms with van der Waals surface area (Å²) in [5.74, 6) is 0.886. The van der Waals surface area contributed by atoms with Crippen LogP contribution in [0.3, 0.4) is 0 Å². The van der Waals surface area contributed by atoms with Gasteiger partial charge in [0.25, 0.3) is 0 Å². The van der Waals surface area contributed by atoms with E-state index in [0.717, 1.165) is 13.0 Å². The smallest absolute Gasteiger partial charge is 0.222 e. The van der Waals surface area contributed by atoms with Crippen molar-refractivity contribution in [3.63, 3.8) is 0 Å². The van der Waals surface area contributed by atoms with Crippen LogP contribution in [0.5, 0.6) is 0 Å². The Bertz CT molecular complexity index is 213. The predicted molar refractivity (Wildman–Crippen MR) is 57.7 cm³/mol. The summed E-state index contributed by atoms with van der Waals surface area (Å²) in [5.41, 5.74) is 5.85. The lowest BCUT2D eigenvalue weighted by molar-refractivity contribution is -0.124. The van der Waals surface area contributed by atoms with Crippen molar-refractivity contribution in [2.75, 3.05) is 13.1 Å². The van der Waals surface area contributed by atoms with E-state index in [4.69, 9.17) is 5.73 Å². The highest BCUT2D eigenvalue weighted by molar-refractivity contribution is 5.78. The van der Waals surface area contributed by atoms with Gasteiger partial charge < -0.3 is 11.1 Å². The molecule has 0 saturated heterocycles. The van der Waals surface area contributed by atoms with Crippen LogP contribution in [0, 0.1) is 17.3 Å². The van der Waals surface area contributed by atoms with E-state index in [1.165, 1.54) is 6.42 Å². The van der Waals surface area contributed by atoms with Gasteiger partial charge >= 0.3 is 0 Å². The molecule has 82 valence electrons. The van der Waals surface area contributed by atoms with Crippen LogP contribution < -0.4 is 11.1 Å². The first-order valence-corrected chi connectivity index (χ1v) is 5.45. The van der Waals surface area contributed by atoms with Crippen molar-refractivity contribution in [2.24, 2.45) is 23.0 Å². The monoisotopic (exact) mass is 198 g/mol. The van der Waals surface area contributed by atoms with Crippen molar-refractivity contribution in [1.29, 1.82) is 0 Å². The van der Waals surface area contributed by atoms with E-state index in [1.807, 2.05) is 6.92 Å². The molecule has 0 radical (unpaired) electrons. The molecule has 1 aliphatic carbocycles. The summed E-state index contributed by atoms with van der Waals surface area (Å²) in [6.45, 7) is 7.84. The largest absolute Gasteiger partial charge is 0.356 e. The molecular formula is C11H22N2O. The lowest BCUT2D eigenvalue weighted by Gasteiger charge is -2.11. The normalized spacial score (nSPS) is 25.6. The number of hydrogen-bond donors (Lipinski definition) is 2. The highest BCUT2D eigenvalue weighted by Crippen LogP contribution is 2.50. The molecule has 1 fully saturated rings. The molecule has 2 atom stereocenters. The summed E-state index contributed by atoms with van der Waals surface area (Å²) in [6.07, 6.45) is 2.01. The number of amides is 1. The minimum absolute atomic E-state index is 0.0573. The summed E-state index contributed by atoms with van der Waals surface area (Å²) in [6, 6.07) is 0. The van der Waals surface area contributed by atoms with Gasteiger partial charge in [0, 0.05) is 12.5 Å². The van der Waals surface area contributed by atoms with Crippen LogP contribution in [-0.4, -0.2) is 19.0 Å². The van der Waals surface area contributed by atoms with Gasteiger partial charge in [0.2, 0.25) is 5.91 Å². The van der Waals surface area contributed by atoms with E-state index in [1.54, 1.807) is 0 Å². The Hall–Kier alpha value is -0.570. The fourth-order valence-electron chi connectivity index (χ4n) is 1.70. The van der Waals surface area contributed by atoms with Crippen LogP contribution in [0.25, 0.3) is 0 Å². The van der Waals surface area contributed by atoms with Gasteiger partial charge in [0.05, 0.1) is 0 Å². The molecule has 0 aliphatic heterocycles. The number of carbonyl (C=O) groups excluding carboxylic acids is 1. The Morgan fingerprint density at radius 2 is 2.21 bits per heavy atom. The van der Waals surface area contributed by atoms with E-state index in [2.05, 4.69) is 19.2 Å². The lowest BCUT2D eigenvalue weighted by atomic mass is 10.1. The van der Waals surface area contributed by atoms with E-state index >= 15 is 0 Å². The van der Waals surface area contributed by atoms with Gasteiger partial charge in [-0.1, -0.05) is 20.8 Å². The van der Waals surface area contributed by atoms with Crippen LogP contribution in [-0.2, 0) is 4.79 Å². The molecule has 3 nitrogen and oxygen atoms in total. The SMILES string of the molecule is CC(CCN)C(=O)NCC1CC1(C)C. The van der Waals surface area contributed by atoms with Gasteiger partial charge in [0.15, 0.2) is 0 Å². The quantitative estimate of drug-likeness (QED) is 0.696. The Labute approximate surface area is 86.4 Å². The summed E-state index contributed by atoms with van der Waals surface area (Å²) in [5, 5.41) is 2.99. The molecule has 1 saturated carbocycles. The number of hydrogen-bond acceptors (Lipinski definition) is 2. The third-order valence-electron chi connectivity index (χ3n) is 3.29. The molecule has 0 aromatic heterocycles. The molecule has 1 aliphatic rings. The Kier molecular flexibility index (Phi) is 3.53. The van der Waals surface area contributed by atoms with Gasteiger partial charge in [-0.3, -0.25) is 4.79 Å². The zero-order chi connectivity index (χ0) is 10.8. The molecule has 0 aromatic rings. The van der Waals surface area contributed by atoms with Gasteiger partial charge in [-0.05, 0) is 30.7 Å². The summed E-state index contributed by atoms with van der Waals surface area (Å²) < 4.78 is 0. The molecule has 0 aromatic carbocycles. The van der Waals surface area contributed by atoms with Gasteiger partial charge in [-0.2, -0.15) is 0 Å². The van der Waals surface area contributed by atoms with Crippen molar-refractivity contribution in [2.45, 2.75) is 33.6 Å². The molecule has 3 heteroatoms. The predicted octanol–water partition coefficient (Wildman–Crippen LogP) is 1.13. The van der Waals surface area contributed by atoms with E-state index < -0.39 is 0 Å². The maximum absolute atomic E-state index is 11.5. The van der Waals surface area contributed by atoms with Crippen LogP contribution in [0.4, 0.5) is 0 Å². The van der Waals surface area contributed by atoms with E-state index in [-0.39, 0.29) is 11.8 Å². The van der Waals surface area contributed by atoms with Gasteiger partial charge in [-0.25, -0.2) is 0 Å².